The smallest absolute Gasteiger partial charge is 0.416 e. The summed E-state index contributed by atoms with van der Waals surface area (Å²) in [6.45, 7) is 1.99. The van der Waals surface area contributed by atoms with Gasteiger partial charge in [0, 0.05) is 7.05 Å². The maximum absolute atomic E-state index is 13.0. The molecule has 0 aromatic heterocycles. The standard InChI is InChI=1S/C21H20F3NO2/c1-13(14-7-4-3-5-8-14)11-17-19(26)18(20(25-2)27-17)15-9-6-10-16(12-15)21(22,23)24/h3-10,12-13,17,25H,11H2,1-2H3. The summed E-state index contributed by atoms with van der Waals surface area (Å²) in [5, 5.41) is 2.80. The average Bonchev–Trinajstić information content (AvgIpc) is 2.97. The zero-order valence-corrected chi connectivity index (χ0v) is 15.0. The summed E-state index contributed by atoms with van der Waals surface area (Å²) in [6, 6.07) is 14.5. The van der Waals surface area contributed by atoms with Gasteiger partial charge in [0.25, 0.3) is 0 Å². The first-order chi connectivity index (χ1) is 12.8. The Morgan fingerprint density at radius 2 is 1.81 bits per heavy atom. The molecule has 0 bridgehead atoms. The fourth-order valence-corrected chi connectivity index (χ4v) is 3.23. The monoisotopic (exact) mass is 375 g/mol. The number of hydrogen-bond donors (Lipinski definition) is 1. The van der Waals surface area contributed by atoms with Crippen molar-refractivity contribution in [3.8, 4) is 0 Å². The number of carbonyl (C=O) groups excluding carboxylic acids is 1. The first-order valence-corrected chi connectivity index (χ1v) is 8.66. The number of nitrogens with one attached hydrogen (secondary N) is 1. The van der Waals surface area contributed by atoms with E-state index >= 15 is 0 Å². The zero-order chi connectivity index (χ0) is 19.6. The maximum Gasteiger partial charge on any atom is 0.416 e. The van der Waals surface area contributed by atoms with Crippen LogP contribution in [0.3, 0.4) is 0 Å². The van der Waals surface area contributed by atoms with Crippen molar-refractivity contribution in [1.82, 2.24) is 5.32 Å². The number of hydrogen-bond acceptors (Lipinski definition) is 3. The molecule has 1 aliphatic heterocycles. The predicted molar refractivity (Wildman–Crippen MR) is 96.8 cm³/mol. The van der Waals surface area contributed by atoms with Crippen LogP contribution in [0.25, 0.3) is 5.57 Å². The van der Waals surface area contributed by atoms with Crippen LogP contribution >= 0.6 is 0 Å². The minimum atomic E-state index is -4.47. The van der Waals surface area contributed by atoms with Crippen LogP contribution in [-0.2, 0) is 15.7 Å². The number of carbonyl (C=O) groups is 1. The first kappa shape index (κ1) is 19.0. The molecule has 0 amide bonds. The predicted octanol–water partition coefficient (Wildman–Crippen LogP) is 4.76. The Morgan fingerprint density at radius 1 is 1.11 bits per heavy atom. The Labute approximate surface area is 155 Å². The van der Waals surface area contributed by atoms with Crippen molar-refractivity contribution in [3.63, 3.8) is 0 Å². The van der Waals surface area contributed by atoms with Crippen molar-refractivity contribution >= 4 is 11.4 Å². The highest BCUT2D eigenvalue weighted by Crippen LogP contribution is 2.36. The van der Waals surface area contributed by atoms with E-state index in [2.05, 4.69) is 5.32 Å². The van der Waals surface area contributed by atoms with Crippen molar-refractivity contribution < 1.29 is 22.7 Å². The molecule has 0 saturated heterocycles. The van der Waals surface area contributed by atoms with Crippen molar-refractivity contribution in [2.45, 2.75) is 31.5 Å². The molecule has 2 aromatic rings. The third-order valence-electron chi connectivity index (χ3n) is 4.67. The van der Waals surface area contributed by atoms with Gasteiger partial charge in [-0.3, -0.25) is 4.79 Å². The number of alkyl halides is 3. The van der Waals surface area contributed by atoms with E-state index in [0.29, 0.717) is 6.42 Å². The van der Waals surface area contributed by atoms with Crippen LogP contribution in [-0.4, -0.2) is 18.9 Å². The largest absolute Gasteiger partial charge is 0.467 e. The van der Waals surface area contributed by atoms with E-state index in [1.54, 1.807) is 7.05 Å². The third-order valence-corrected chi connectivity index (χ3v) is 4.67. The van der Waals surface area contributed by atoms with E-state index in [1.165, 1.54) is 12.1 Å². The molecule has 1 heterocycles. The number of benzene rings is 2. The Kier molecular flexibility index (Phi) is 5.26. The number of rotatable bonds is 5. The summed E-state index contributed by atoms with van der Waals surface area (Å²) in [7, 11) is 1.58. The molecule has 1 N–H and O–H groups in total. The van der Waals surface area contributed by atoms with Crippen LogP contribution in [0.4, 0.5) is 13.2 Å². The summed E-state index contributed by atoms with van der Waals surface area (Å²) in [4.78, 5) is 12.9. The van der Waals surface area contributed by atoms with Gasteiger partial charge in [-0.2, -0.15) is 13.2 Å². The molecule has 142 valence electrons. The highest BCUT2D eigenvalue weighted by molar-refractivity contribution is 6.25. The van der Waals surface area contributed by atoms with Crippen LogP contribution < -0.4 is 5.32 Å². The summed E-state index contributed by atoms with van der Waals surface area (Å²) >= 11 is 0. The van der Waals surface area contributed by atoms with E-state index in [0.717, 1.165) is 17.7 Å². The van der Waals surface area contributed by atoms with Gasteiger partial charge in [0.15, 0.2) is 12.0 Å². The zero-order valence-electron chi connectivity index (χ0n) is 15.0. The Hall–Kier alpha value is -2.76. The lowest BCUT2D eigenvalue weighted by Gasteiger charge is -2.17. The van der Waals surface area contributed by atoms with Gasteiger partial charge in [-0.15, -0.1) is 0 Å². The molecular formula is C21H20F3NO2. The normalized spacial score (nSPS) is 18.4. The number of Topliss-reactive ketones (excluding diaryl/α,β-unsaturated/α-hetero) is 1. The van der Waals surface area contributed by atoms with Crippen molar-refractivity contribution in [2.24, 2.45) is 0 Å². The first-order valence-electron chi connectivity index (χ1n) is 8.66. The average molecular weight is 375 g/mol. The molecule has 0 saturated carbocycles. The molecule has 27 heavy (non-hydrogen) atoms. The molecule has 2 aromatic carbocycles. The van der Waals surface area contributed by atoms with Gasteiger partial charge in [0.05, 0.1) is 11.1 Å². The molecule has 3 rings (SSSR count). The van der Waals surface area contributed by atoms with Gasteiger partial charge in [-0.1, -0.05) is 49.4 Å². The van der Waals surface area contributed by atoms with E-state index in [9.17, 15) is 18.0 Å². The second-order valence-electron chi connectivity index (χ2n) is 6.55. The fourth-order valence-electron chi connectivity index (χ4n) is 3.23. The maximum atomic E-state index is 13.0. The number of ketones is 1. The molecule has 3 nitrogen and oxygen atoms in total. The summed E-state index contributed by atoms with van der Waals surface area (Å²) in [5.41, 5.74) is 0.646. The number of ether oxygens (including phenoxy) is 1. The highest BCUT2D eigenvalue weighted by atomic mass is 19.4. The minimum Gasteiger partial charge on any atom is -0.467 e. The van der Waals surface area contributed by atoms with E-state index in [-0.39, 0.29) is 28.7 Å². The van der Waals surface area contributed by atoms with Crippen LogP contribution in [0, 0.1) is 0 Å². The summed E-state index contributed by atoms with van der Waals surface area (Å²) < 4.78 is 44.8. The molecule has 2 atom stereocenters. The van der Waals surface area contributed by atoms with Gasteiger partial charge in [0.2, 0.25) is 5.78 Å². The molecule has 0 spiro atoms. The Morgan fingerprint density at radius 3 is 2.44 bits per heavy atom. The Balaban J connectivity index is 1.85. The topological polar surface area (TPSA) is 38.3 Å². The third kappa shape index (κ3) is 3.99. The van der Waals surface area contributed by atoms with Crippen LogP contribution in [0.1, 0.15) is 36.0 Å². The molecule has 2 unspecified atom stereocenters. The quantitative estimate of drug-likeness (QED) is 0.819. The molecule has 0 aliphatic carbocycles. The lowest BCUT2D eigenvalue weighted by atomic mass is 9.91. The second-order valence-corrected chi connectivity index (χ2v) is 6.55. The second kappa shape index (κ2) is 7.47. The molecule has 6 heteroatoms. The highest BCUT2D eigenvalue weighted by Gasteiger charge is 2.38. The summed E-state index contributed by atoms with van der Waals surface area (Å²) in [5.74, 6) is -0.0230. The van der Waals surface area contributed by atoms with Gasteiger partial charge in [-0.25, -0.2) is 0 Å². The van der Waals surface area contributed by atoms with Crippen molar-refractivity contribution in [1.29, 1.82) is 0 Å². The fraction of sp³-hybridized carbons (Fsp3) is 0.286. The van der Waals surface area contributed by atoms with Crippen molar-refractivity contribution in [3.05, 3.63) is 77.2 Å². The molecular weight excluding hydrogens is 355 g/mol. The van der Waals surface area contributed by atoms with Gasteiger partial charge in [-0.05, 0) is 35.6 Å². The van der Waals surface area contributed by atoms with Crippen molar-refractivity contribution in [2.75, 3.05) is 7.05 Å². The van der Waals surface area contributed by atoms with Crippen LogP contribution in [0.2, 0.25) is 0 Å². The molecule has 0 fully saturated rings. The summed E-state index contributed by atoms with van der Waals surface area (Å²) in [6.07, 6.45) is -4.76. The SMILES string of the molecule is CNC1=C(c2cccc(C(F)(F)F)c2)C(=O)C(CC(C)c2ccccc2)O1. The van der Waals surface area contributed by atoms with Gasteiger partial charge in [0.1, 0.15) is 0 Å². The van der Waals surface area contributed by atoms with E-state index in [4.69, 9.17) is 4.74 Å². The van der Waals surface area contributed by atoms with Gasteiger partial charge < -0.3 is 10.1 Å². The number of halogens is 3. The van der Waals surface area contributed by atoms with E-state index in [1.807, 2.05) is 37.3 Å². The molecule has 0 radical (unpaired) electrons. The lowest BCUT2D eigenvalue weighted by molar-refractivity contribution is -0.137. The van der Waals surface area contributed by atoms with E-state index < -0.39 is 17.8 Å². The Bertz CT molecular complexity index is 859. The minimum absolute atomic E-state index is 0.0686. The van der Waals surface area contributed by atoms with Gasteiger partial charge >= 0.3 is 6.18 Å². The van der Waals surface area contributed by atoms with Crippen LogP contribution in [0.5, 0.6) is 0 Å². The van der Waals surface area contributed by atoms with Crippen LogP contribution in [0.15, 0.2) is 60.5 Å². The molecule has 1 aliphatic rings. The lowest BCUT2D eigenvalue weighted by Crippen LogP contribution is -2.21.